The third-order valence-corrected chi connectivity index (χ3v) is 8.25. The number of ether oxygens (including phenoxy) is 2. The highest BCUT2D eigenvalue weighted by Gasteiger charge is 2.29. The third kappa shape index (κ3) is 9.79. The van der Waals surface area contributed by atoms with Crippen molar-refractivity contribution in [3.8, 4) is 0 Å². The molecule has 3 aromatic carbocycles. The van der Waals surface area contributed by atoms with Gasteiger partial charge >= 0.3 is 12.0 Å². The number of hydrogen-bond acceptors (Lipinski definition) is 7. The second-order valence-electron chi connectivity index (χ2n) is 9.94. The van der Waals surface area contributed by atoms with E-state index in [0.717, 1.165) is 22.8 Å². The van der Waals surface area contributed by atoms with Gasteiger partial charge < -0.3 is 25.0 Å². The number of aryl methyl sites for hydroxylation is 1. The molecule has 0 aromatic heterocycles. The summed E-state index contributed by atoms with van der Waals surface area (Å²) in [5.74, 6) is -1.40. The van der Waals surface area contributed by atoms with Crippen molar-refractivity contribution >= 4 is 27.7 Å². The van der Waals surface area contributed by atoms with Gasteiger partial charge in [-0.25, -0.2) is 18.0 Å². The van der Waals surface area contributed by atoms with Gasteiger partial charge in [-0.2, -0.15) is 0 Å². The fourth-order valence-corrected chi connectivity index (χ4v) is 5.38. The SMILES string of the molecule is O=C(N[C@@H](CCc1ccccc1)C(=O)O/C=C/S(=O)(=O)c1ccccc1)[C@H](Cc1ccccc1)NC(=O)N1CCOCC1. The van der Waals surface area contributed by atoms with E-state index in [1.54, 1.807) is 23.1 Å². The van der Waals surface area contributed by atoms with Crippen LogP contribution in [0.4, 0.5) is 4.79 Å². The molecule has 1 heterocycles. The number of morpholine rings is 1. The molecule has 3 aromatic rings. The van der Waals surface area contributed by atoms with E-state index in [0.29, 0.717) is 32.7 Å². The Morgan fingerprint density at radius 1 is 0.814 bits per heavy atom. The highest BCUT2D eigenvalue weighted by molar-refractivity contribution is 7.94. The van der Waals surface area contributed by atoms with Crippen molar-refractivity contribution in [2.75, 3.05) is 26.3 Å². The van der Waals surface area contributed by atoms with Crippen LogP contribution in [0, 0.1) is 0 Å². The van der Waals surface area contributed by atoms with Gasteiger partial charge in [-0.3, -0.25) is 4.79 Å². The van der Waals surface area contributed by atoms with E-state index in [1.807, 2.05) is 60.7 Å². The van der Waals surface area contributed by atoms with Gasteiger partial charge in [-0.05, 0) is 36.1 Å². The minimum atomic E-state index is -3.84. The summed E-state index contributed by atoms with van der Waals surface area (Å²) in [7, 11) is -3.84. The Labute approximate surface area is 251 Å². The lowest BCUT2D eigenvalue weighted by atomic mass is 10.0. The van der Waals surface area contributed by atoms with Gasteiger partial charge in [0.2, 0.25) is 15.7 Å². The van der Waals surface area contributed by atoms with E-state index < -0.39 is 39.8 Å². The van der Waals surface area contributed by atoms with Gasteiger partial charge in [-0.15, -0.1) is 0 Å². The molecule has 1 aliphatic heterocycles. The number of amides is 3. The zero-order chi connectivity index (χ0) is 30.5. The van der Waals surface area contributed by atoms with Crippen LogP contribution in [0.5, 0.6) is 0 Å². The number of carbonyl (C=O) groups excluding carboxylic acids is 3. The van der Waals surface area contributed by atoms with E-state index in [-0.39, 0.29) is 17.7 Å². The first-order valence-electron chi connectivity index (χ1n) is 14.0. The summed E-state index contributed by atoms with van der Waals surface area (Å²) in [5.41, 5.74) is 1.76. The molecule has 0 radical (unpaired) electrons. The number of benzene rings is 3. The van der Waals surface area contributed by atoms with Crippen molar-refractivity contribution in [1.29, 1.82) is 0 Å². The molecule has 2 atom stereocenters. The number of urea groups is 1. The molecule has 0 saturated carbocycles. The number of nitrogens with zero attached hydrogens (tertiary/aromatic N) is 1. The molecular formula is C32H35N3O7S. The molecule has 0 unspecified atom stereocenters. The lowest BCUT2D eigenvalue weighted by Crippen LogP contribution is -2.56. The van der Waals surface area contributed by atoms with Gasteiger partial charge in [0.15, 0.2) is 0 Å². The van der Waals surface area contributed by atoms with Crippen LogP contribution in [-0.4, -0.2) is 69.6 Å². The van der Waals surface area contributed by atoms with Crippen LogP contribution in [0.25, 0.3) is 0 Å². The summed E-state index contributed by atoms with van der Waals surface area (Å²) in [4.78, 5) is 41.4. The monoisotopic (exact) mass is 605 g/mol. The molecule has 43 heavy (non-hydrogen) atoms. The number of hydrogen-bond donors (Lipinski definition) is 2. The molecule has 11 heteroatoms. The Balaban J connectivity index is 1.49. The first-order chi connectivity index (χ1) is 20.8. The van der Waals surface area contributed by atoms with Crippen LogP contribution in [0.15, 0.2) is 108 Å². The summed E-state index contributed by atoms with van der Waals surface area (Å²) in [5, 5.41) is 6.35. The topological polar surface area (TPSA) is 131 Å². The molecule has 3 amide bonds. The molecule has 0 bridgehead atoms. The largest absolute Gasteiger partial charge is 0.432 e. The van der Waals surface area contributed by atoms with Gasteiger partial charge in [0, 0.05) is 19.5 Å². The third-order valence-electron chi connectivity index (χ3n) is 6.85. The van der Waals surface area contributed by atoms with Crippen molar-refractivity contribution in [1.82, 2.24) is 15.5 Å². The number of esters is 1. The van der Waals surface area contributed by atoms with Gasteiger partial charge in [-0.1, -0.05) is 78.9 Å². The second-order valence-corrected chi connectivity index (χ2v) is 11.8. The Hall–Kier alpha value is -4.48. The van der Waals surface area contributed by atoms with Crippen molar-refractivity contribution in [3.05, 3.63) is 114 Å². The first-order valence-corrected chi connectivity index (χ1v) is 15.5. The number of carbonyl (C=O) groups is 3. The van der Waals surface area contributed by atoms with E-state index >= 15 is 0 Å². The summed E-state index contributed by atoms with van der Waals surface area (Å²) < 4.78 is 35.7. The minimum absolute atomic E-state index is 0.0518. The molecule has 1 saturated heterocycles. The highest BCUT2D eigenvalue weighted by atomic mass is 32.2. The summed E-state index contributed by atoms with van der Waals surface area (Å²) in [6.07, 6.45) is 1.63. The highest BCUT2D eigenvalue weighted by Crippen LogP contribution is 2.13. The fraction of sp³-hybridized carbons (Fsp3) is 0.281. The molecule has 2 N–H and O–H groups in total. The summed E-state index contributed by atoms with van der Waals surface area (Å²) >= 11 is 0. The standard InChI is InChI=1S/C32H35N3O7S/c36-30(29(24-26-12-6-2-7-13-26)34-32(38)35-18-20-41-21-19-35)33-28(17-16-25-10-4-1-5-11-25)31(37)42-22-23-43(39,40)27-14-8-3-9-15-27/h1-15,22-23,28-29H,16-21,24H2,(H,33,36)(H,34,38)/b23-22+/t28-,29-/m0/s1. The molecule has 0 spiro atoms. The Morgan fingerprint density at radius 3 is 2.02 bits per heavy atom. The lowest BCUT2D eigenvalue weighted by Gasteiger charge is -2.29. The maximum Gasteiger partial charge on any atom is 0.333 e. The van der Waals surface area contributed by atoms with Crippen LogP contribution in [0.1, 0.15) is 17.5 Å². The quantitative estimate of drug-likeness (QED) is 0.239. The molecular weight excluding hydrogens is 570 g/mol. The summed E-state index contributed by atoms with van der Waals surface area (Å²) in [6.45, 7) is 1.61. The van der Waals surface area contributed by atoms with E-state index in [2.05, 4.69) is 10.6 Å². The molecule has 10 nitrogen and oxygen atoms in total. The molecule has 226 valence electrons. The number of nitrogens with one attached hydrogen (secondary N) is 2. The Kier molecular flexibility index (Phi) is 11.5. The maximum atomic E-state index is 13.6. The molecule has 1 aliphatic rings. The van der Waals surface area contributed by atoms with Gasteiger partial charge in [0.1, 0.15) is 18.3 Å². The first kappa shape index (κ1) is 31.5. The summed E-state index contributed by atoms with van der Waals surface area (Å²) in [6, 6.07) is 23.9. The normalized spacial score (nSPS) is 14.9. The fourth-order valence-electron chi connectivity index (χ4n) is 4.48. The zero-order valence-electron chi connectivity index (χ0n) is 23.6. The van der Waals surface area contributed by atoms with Crippen molar-refractivity contribution in [3.63, 3.8) is 0 Å². The maximum absolute atomic E-state index is 13.6. The zero-order valence-corrected chi connectivity index (χ0v) is 24.4. The van der Waals surface area contributed by atoms with Crippen LogP contribution in [-0.2, 0) is 41.7 Å². The predicted octanol–water partition coefficient (Wildman–Crippen LogP) is 3.25. The van der Waals surface area contributed by atoms with E-state index in [9.17, 15) is 22.8 Å². The average Bonchev–Trinajstić information content (AvgIpc) is 3.04. The Bertz CT molecular complexity index is 1480. The van der Waals surface area contributed by atoms with E-state index in [4.69, 9.17) is 9.47 Å². The average molecular weight is 606 g/mol. The van der Waals surface area contributed by atoms with Crippen LogP contribution < -0.4 is 10.6 Å². The molecule has 0 aliphatic carbocycles. The number of rotatable bonds is 12. The second kappa shape index (κ2) is 15.7. The number of sulfone groups is 1. The molecule has 1 fully saturated rings. The smallest absolute Gasteiger partial charge is 0.333 e. The van der Waals surface area contributed by atoms with Crippen LogP contribution in [0.3, 0.4) is 0 Å². The molecule has 4 rings (SSSR count). The predicted molar refractivity (Wildman–Crippen MR) is 160 cm³/mol. The lowest BCUT2D eigenvalue weighted by molar-refractivity contribution is -0.143. The van der Waals surface area contributed by atoms with Crippen molar-refractivity contribution < 1.29 is 32.3 Å². The van der Waals surface area contributed by atoms with Crippen LogP contribution >= 0.6 is 0 Å². The van der Waals surface area contributed by atoms with Crippen molar-refractivity contribution in [2.24, 2.45) is 0 Å². The van der Waals surface area contributed by atoms with Crippen LogP contribution in [0.2, 0.25) is 0 Å². The van der Waals surface area contributed by atoms with E-state index in [1.165, 1.54) is 12.1 Å². The van der Waals surface area contributed by atoms with Crippen molar-refractivity contribution in [2.45, 2.75) is 36.2 Å². The van der Waals surface area contributed by atoms with Gasteiger partial charge in [0.25, 0.3) is 0 Å². The Morgan fingerprint density at radius 2 is 1.40 bits per heavy atom. The minimum Gasteiger partial charge on any atom is -0.432 e. The van der Waals surface area contributed by atoms with Gasteiger partial charge in [0.05, 0.1) is 23.5 Å².